The van der Waals surface area contributed by atoms with E-state index < -0.39 is 17.8 Å². The number of aryl methyl sites for hydroxylation is 1. The molecule has 6 aromatic rings. The second kappa shape index (κ2) is 12.7. The number of fused-ring (bicyclic) bond motifs is 2. The summed E-state index contributed by atoms with van der Waals surface area (Å²) in [5.41, 5.74) is 3.88. The summed E-state index contributed by atoms with van der Waals surface area (Å²) in [6.07, 6.45) is 1.51. The van der Waals surface area contributed by atoms with Crippen LogP contribution in [-0.4, -0.2) is 17.8 Å². The Hall–Kier alpha value is -6.21. The SMILES string of the molecule is Cc1ccc(COc2ccc(N3C(=O)NC(=O)/C(=C\c4c(OCc5cccc6ccccc56)ccc5ccccc45)C3=O)cc2)cc1. The third-order valence-corrected chi connectivity index (χ3v) is 8.21. The van der Waals surface area contributed by atoms with Gasteiger partial charge in [-0.3, -0.25) is 14.9 Å². The van der Waals surface area contributed by atoms with Crippen molar-refractivity contribution in [3.05, 3.63) is 155 Å². The van der Waals surface area contributed by atoms with Crippen LogP contribution in [0.15, 0.2) is 133 Å². The maximum atomic E-state index is 13.9. The fourth-order valence-corrected chi connectivity index (χ4v) is 5.70. The maximum Gasteiger partial charge on any atom is 0.335 e. The van der Waals surface area contributed by atoms with Gasteiger partial charge in [-0.05, 0) is 76.0 Å². The van der Waals surface area contributed by atoms with Crippen LogP contribution in [-0.2, 0) is 22.8 Å². The fraction of sp³-hybridized carbons (Fsp3) is 0.0750. The molecule has 1 aliphatic heterocycles. The van der Waals surface area contributed by atoms with Crippen LogP contribution >= 0.6 is 0 Å². The summed E-state index contributed by atoms with van der Waals surface area (Å²) < 4.78 is 12.3. The smallest absolute Gasteiger partial charge is 0.335 e. The van der Waals surface area contributed by atoms with Crippen molar-refractivity contribution in [2.75, 3.05) is 4.90 Å². The average molecular weight is 619 g/mol. The van der Waals surface area contributed by atoms with Crippen molar-refractivity contribution < 1.29 is 23.9 Å². The molecule has 4 amide bonds. The third-order valence-electron chi connectivity index (χ3n) is 8.21. The van der Waals surface area contributed by atoms with E-state index >= 15 is 0 Å². The zero-order valence-corrected chi connectivity index (χ0v) is 25.6. The maximum absolute atomic E-state index is 13.9. The van der Waals surface area contributed by atoms with Crippen molar-refractivity contribution in [3.8, 4) is 11.5 Å². The first-order chi connectivity index (χ1) is 22.9. The highest BCUT2D eigenvalue weighted by Gasteiger charge is 2.37. The topological polar surface area (TPSA) is 84.9 Å². The van der Waals surface area contributed by atoms with Crippen molar-refractivity contribution in [1.29, 1.82) is 0 Å². The van der Waals surface area contributed by atoms with Crippen LogP contribution in [0.1, 0.15) is 22.3 Å². The van der Waals surface area contributed by atoms with Gasteiger partial charge in [-0.25, -0.2) is 9.69 Å². The fourth-order valence-electron chi connectivity index (χ4n) is 5.70. The zero-order chi connectivity index (χ0) is 32.3. The number of nitrogens with one attached hydrogen (secondary N) is 1. The summed E-state index contributed by atoms with van der Waals surface area (Å²) in [5, 5.41) is 6.23. The van der Waals surface area contributed by atoms with E-state index in [1.807, 2.05) is 91.9 Å². The summed E-state index contributed by atoms with van der Waals surface area (Å²) >= 11 is 0. The van der Waals surface area contributed by atoms with Gasteiger partial charge in [0.1, 0.15) is 30.3 Å². The van der Waals surface area contributed by atoms with Gasteiger partial charge in [0.2, 0.25) is 0 Å². The van der Waals surface area contributed by atoms with Crippen molar-refractivity contribution in [2.45, 2.75) is 20.1 Å². The Morgan fingerprint density at radius 2 is 1.34 bits per heavy atom. The van der Waals surface area contributed by atoms with Crippen LogP contribution in [0.2, 0.25) is 0 Å². The number of carbonyl (C=O) groups excluding carboxylic acids is 3. The number of rotatable bonds is 8. The van der Waals surface area contributed by atoms with Crippen molar-refractivity contribution in [3.63, 3.8) is 0 Å². The molecule has 0 aromatic heterocycles. The zero-order valence-electron chi connectivity index (χ0n) is 25.6. The molecule has 1 saturated heterocycles. The average Bonchev–Trinajstić information content (AvgIpc) is 3.09. The van der Waals surface area contributed by atoms with Gasteiger partial charge >= 0.3 is 6.03 Å². The van der Waals surface area contributed by atoms with Gasteiger partial charge in [0, 0.05) is 5.56 Å². The van der Waals surface area contributed by atoms with Crippen molar-refractivity contribution in [2.24, 2.45) is 0 Å². The number of hydrogen-bond acceptors (Lipinski definition) is 5. The lowest BCUT2D eigenvalue weighted by Crippen LogP contribution is -2.54. The second-order valence-corrected chi connectivity index (χ2v) is 11.4. The van der Waals surface area contributed by atoms with Crippen molar-refractivity contribution >= 4 is 51.2 Å². The van der Waals surface area contributed by atoms with Gasteiger partial charge in [0.05, 0.1) is 5.69 Å². The molecule has 6 aromatic carbocycles. The Morgan fingerprint density at radius 3 is 2.11 bits per heavy atom. The Kier molecular flexibility index (Phi) is 7.94. The molecule has 7 rings (SSSR count). The minimum absolute atomic E-state index is 0.185. The van der Waals surface area contributed by atoms with E-state index in [1.165, 1.54) is 11.6 Å². The van der Waals surface area contributed by atoms with E-state index in [2.05, 4.69) is 23.5 Å². The van der Waals surface area contributed by atoms with Crippen molar-refractivity contribution in [1.82, 2.24) is 5.32 Å². The molecule has 0 aliphatic carbocycles. The van der Waals surface area contributed by atoms with Crippen LogP contribution < -0.4 is 19.7 Å². The van der Waals surface area contributed by atoms with Crippen LogP contribution in [0.3, 0.4) is 0 Å². The molecular weight excluding hydrogens is 588 g/mol. The lowest BCUT2D eigenvalue weighted by Gasteiger charge is -2.26. The molecule has 1 fully saturated rings. The van der Waals surface area contributed by atoms with E-state index in [1.54, 1.807) is 24.3 Å². The van der Waals surface area contributed by atoms with E-state index in [0.717, 1.165) is 37.6 Å². The number of benzene rings is 6. The molecule has 7 heteroatoms. The molecule has 1 N–H and O–H groups in total. The number of anilines is 1. The first-order valence-corrected chi connectivity index (χ1v) is 15.3. The molecule has 0 saturated carbocycles. The summed E-state index contributed by atoms with van der Waals surface area (Å²) in [5.74, 6) is -0.430. The Morgan fingerprint density at radius 1 is 0.660 bits per heavy atom. The molecular formula is C40H30N2O5. The number of hydrogen-bond donors (Lipinski definition) is 1. The van der Waals surface area contributed by atoms with Gasteiger partial charge in [-0.1, -0.05) is 103 Å². The van der Waals surface area contributed by atoms with E-state index in [0.29, 0.717) is 29.4 Å². The number of urea groups is 1. The molecule has 47 heavy (non-hydrogen) atoms. The van der Waals surface area contributed by atoms with Gasteiger partial charge in [-0.2, -0.15) is 0 Å². The predicted octanol–water partition coefficient (Wildman–Crippen LogP) is 8.13. The van der Waals surface area contributed by atoms with Gasteiger partial charge in [-0.15, -0.1) is 0 Å². The summed E-state index contributed by atoms with van der Waals surface area (Å²) in [6, 6.07) is 39.4. The molecule has 0 bridgehead atoms. The first-order valence-electron chi connectivity index (χ1n) is 15.3. The number of ether oxygens (including phenoxy) is 2. The summed E-state index contributed by atoms with van der Waals surface area (Å²) in [7, 11) is 0. The lowest BCUT2D eigenvalue weighted by molar-refractivity contribution is -0.122. The van der Waals surface area contributed by atoms with E-state index in [-0.39, 0.29) is 12.2 Å². The minimum Gasteiger partial charge on any atom is -0.489 e. The Labute approximate surface area is 271 Å². The molecule has 0 spiro atoms. The van der Waals surface area contributed by atoms with Crippen LogP contribution in [0, 0.1) is 6.92 Å². The normalized spacial score (nSPS) is 14.1. The number of amides is 4. The summed E-state index contributed by atoms with van der Waals surface area (Å²) in [6.45, 7) is 2.68. The number of barbiturate groups is 1. The molecule has 7 nitrogen and oxygen atoms in total. The second-order valence-electron chi connectivity index (χ2n) is 11.4. The molecule has 0 radical (unpaired) electrons. The first kappa shape index (κ1) is 29.5. The molecule has 0 unspecified atom stereocenters. The van der Waals surface area contributed by atoms with Gasteiger partial charge in [0.15, 0.2) is 0 Å². The number of nitrogens with zero attached hydrogens (tertiary/aromatic N) is 1. The standard InChI is InChI=1S/C40H30N2O5/c1-26-13-15-27(16-14-26)24-46-32-20-18-31(19-21-32)42-39(44)36(38(43)41-40(42)45)23-35-34-12-5-3-8-29(34)17-22-37(35)47-25-30-10-6-9-28-7-2-4-11-33(28)30/h2-23H,24-25H2,1H3,(H,41,43,45)/b36-23+. The minimum atomic E-state index is -0.823. The highest BCUT2D eigenvalue weighted by atomic mass is 16.5. The Balaban J connectivity index is 1.18. The molecule has 1 heterocycles. The van der Waals surface area contributed by atoms with Crippen LogP contribution in [0.4, 0.5) is 10.5 Å². The molecule has 230 valence electrons. The largest absolute Gasteiger partial charge is 0.489 e. The lowest BCUT2D eigenvalue weighted by atomic mass is 9.99. The van der Waals surface area contributed by atoms with Gasteiger partial charge in [0.25, 0.3) is 11.8 Å². The highest BCUT2D eigenvalue weighted by Crippen LogP contribution is 2.33. The number of carbonyl (C=O) groups is 3. The predicted molar refractivity (Wildman–Crippen MR) is 183 cm³/mol. The van der Waals surface area contributed by atoms with E-state index in [4.69, 9.17) is 9.47 Å². The molecule has 0 atom stereocenters. The Bertz CT molecular complexity index is 2180. The van der Waals surface area contributed by atoms with Crippen LogP contribution in [0.25, 0.3) is 27.6 Å². The third kappa shape index (κ3) is 6.07. The summed E-state index contributed by atoms with van der Waals surface area (Å²) in [4.78, 5) is 40.9. The monoisotopic (exact) mass is 618 g/mol. The van der Waals surface area contributed by atoms with Gasteiger partial charge < -0.3 is 9.47 Å². The number of imide groups is 2. The quantitative estimate of drug-likeness (QED) is 0.138. The highest BCUT2D eigenvalue weighted by molar-refractivity contribution is 6.39. The van der Waals surface area contributed by atoms with Crippen LogP contribution in [0.5, 0.6) is 11.5 Å². The molecule has 1 aliphatic rings. The van der Waals surface area contributed by atoms with E-state index in [9.17, 15) is 14.4 Å².